The number of fused-ring (bicyclic) bond motifs is 1. The number of H-pyrrole nitrogens is 1. The summed E-state index contributed by atoms with van der Waals surface area (Å²) in [5.41, 5.74) is 1.87. The third-order valence-electron chi connectivity index (χ3n) is 6.85. The lowest BCUT2D eigenvalue weighted by Crippen LogP contribution is -2.49. The number of benzene rings is 2. The minimum Gasteiger partial charge on any atom is -0.493 e. The summed E-state index contributed by atoms with van der Waals surface area (Å²) in [6, 6.07) is 11.4. The molecule has 4 aromatic rings. The summed E-state index contributed by atoms with van der Waals surface area (Å²) in [7, 11) is 4.74. The number of halogens is 1. The zero-order valence-corrected chi connectivity index (χ0v) is 21.6. The van der Waals surface area contributed by atoms with Crippen molar-refractivity contribution >= 4 is 16.6 Å². The molecule has 1 aliphatic rings. The fraction of sp³-hybridized carbons (Fsp3) is 0.385. The zero-order valence-electron chi connectivity index (χ0n) is 21.6. The average molecular weight is 524 g/mol. The third kappa shape index (κ3) is 5.04. The van der Waals surface area contributed by atoms with Gasteiger partial charge in [0.15, 0.2) is 17.3 Å². The first kappa shape index (κ1) is 25.6. The molecule has 1 saturated heterocycles. The minimum absolute atomic E-state index is 0.239. The Balaban J connectivity index is 1.54. The second kappa shape index (κ2) is 11.2. The van der Waals surface area contributed by atoms with E-state index in [1.54, 1.807) is 44.2 Å². The van der Waals surface area contributed by atoms with Crippen LogP contribution in [0.3, 0.4) is 0 Å². The monoisotopic (exact) mass is 523 g/mol. The van der Waals surface area contributed by atoms with E-state index in [1.807, 2.05) is 12.1 Å². The van der Waals surface area contributed by atoms with E-state index in [2.05, 4.69) is 30.3 Å². The maximum atomic E-state index is 13.5. The van der Waals surface area contributed by atoms with Crippen molar-refractivity contribution < 1.29 is 18.6 Å². The van der Waals surface area contributed by atoms with E-state index in [-0.39, 0.29) is 11.4 Å². The minimum atomic E-state index is -0.501. The highest BCUT2D eigenvalue weighted by Gasteiger charge is 2.33. The van der Waals surface area contributed by atoms with Crippen molar-refractivity contribution in [2.24, 2.45) is 0 Å². The molecule has 0 unspecified atom stereocenters. The van der Waals surface area contributed by atoms with Gasteiger partial charge in [0.25, 0.3) is 5.56 Å². The number of rotatable bonds is 9. The van der Waals surface area contributed by atoms with Gasteiger partial charge in [0.1, 0.15) is 11.9 Å². The molecular formula is C26H30FN7O4. The molecule has 2 aromatic carbocycles. The molecule has 0 aliphatic carbocycles. The maximum Gasteiger partial charge on any atom is 0.253 e. The van der Waals surface area contributed by atoms with Crippen LogP contribution in [0.2, 0.25) is 0 Å². The predicted molar refractivity (Wildman–Crippen MR) is 139 cm³/mol. The normalized spacial score (nSPS) is 15.1. The van der Waals surface area contributed by atoms with Crippen LogP contribution in [0.15, 0.2) is 47.3 Å². The molecule has 0 amide bonds. The van der Waals surface area contributed by atoms with Crippen molar-refractivity contribution in [1.82, 2.24) is 30.1 Å². The van der Waals surface area contributed by atoms with Crippen LogP contribution in [0.5, 0.6) is 11.5 Å². The van der Waals surface area contributed by atoms with E-state index in [0.29, 0.717) is 67.7 Å². The topological polar surface area (TPSA) is 111 Å². The molecule has 38 heavy (non-hydrogen) atoms. The number of hydrogen-bond acceptors (Lipinski definition) is 9. The van der Waals surface area contributed by atoms with Gasteiger partial charge in [0.2, 0.25) is 0 Å². The van der Waals surface area contributed by atoms with Crippen LogP contribution in [0, 0.1) is 5.82 Å². The lowest BCUT2D eigenvalue weighted by Gasteiger charge is -2.39. The maximum absolute atomic E-state index is 13.5. The van der Waals surface area contributed by atoms with Gasteiger partial charge in [-0.05, 0) is 46.8 Å². The molecule has 1 aliphatic heterocycles. The van der Waals surface area contributed by atoms with Crippen LogP contribution in [0.25, 0.3) is 10.9 Å². The summed E-state index contributed by atoms with van der Waals surface area (Å²) < 4.78 is 31.2. The third-order valence-corrected chi connectivity index (χ3v) is 6.85. The molecule has 11 nitrogen and oxygen atoms in total. The second-order valence-corrected chi connectivity index (χ2v) is 9.00. The number of piperazine rings is 1. The van der Waals surface area contributed by atoms with E-state index >= 15 is 0 Å². The highest BCUT2D eigenvalue weighted by atomic mass is 19.1. The van der Waals surface area contributed by atoms with Crippen LogP contribution < -0.4 is 19.9 Å². The van der Waals surface area contributed by atoms with E-state index < -0.39 is 6.04 Å². The number of methoxy groups -OCH3 is 3. The highest BCUT2D eigenvalue weighted by Crippen LogP contribution is 2.33. The average Bonchev–Trinajstić information content (AvgIpc) is 3.40. The molecule has 0 spiro atoms. The summed E-state index contributed by atoms with van der Waals surface area (Å²) in [4.78, 5) is 20.9. The van der Waals surface area contributed by atoms with Crippen LogP contribution in [0.1, 0.15) is 17.4 Å². The summed E-state index contributed by atoms with van der Waals surface area (Å²) >= 11 is 0. The lowest BCUT2D eigenvalue weighted by atomic mass is 10.0. The van der Waals surface area contributed by atoms with Gasteiger partial charge >= 0.3 is 0 Å². The van der Waals surface area contributed by atoms with Crippen molar-refractivity contribution in [2.75, 3.05) is 59.0 Å². The molecule has 0 bridgehead atoms. The van der Waals surface area contributed by atoms with Gasteiger partial charge in [-0.3, -0.25) is 9.69 Å². The molecule has 12 heteroatoms. The standard InChI is InChI=1S/C26H30FN7O4/c1-36-13-12-34-25(29-30-31-34)24(33-10-8-32(9-11-33)19-6-4-18(27)5-7-19)20-14-17-15-22(37-2)23(38-3)16-21(17)28-26(20)35/h4-7,14-16,24H,8-13H2,1-3H3,(H,28,35)/t24-/m0/s1. The van der Waals surface area contributed by atoms with E-state index in [0.717, 1.165) is 11.1 Å². The molecule has 2 aromatic heterocycles. The molecule has 200 valence electrons. The Morgan fingerprint density at radius 3 is 2.39 bits per heavy atom. The van der Waals surface area contributed by atoms with E-state index in [4.69, 9.17) is 14.2 Å². The fourth-order valence-corrected chi connectivity index (χ4v) is 4.89. The molecule has 3 heterocycles. The molecule has 0 radical (unpaired) electrons. The summed E-state index contributed by atoms with van der Waals surface area (Å²) in [6.07, 6.45) is 0. The number of anilines is 1. The zero-order chi connectivity index (χ0) is 26.6. The highest BCUT2D eigenvalue weighted by molar-refractivity contribution is 5.83. The van der Waals surface area contributed by atoms with Crippen LogP contribution in [-0.2, 0) is 11.3 Å². The van der Waals surface area contributed by atoms with Gasteiger partial charge < -0.3 is 24.1 Å². The molecule has 1 atom stereocenters. The van der Waals surface area contributed by atoms with E-state index in [1.165, 1.54) is 12.1 Å². The number of aromatic amines is 1. The van der Waals surface area contributed by atoms with Crippen molar-refractivity contribution in [3.63, 3.8) is 0 Å². The van der Waals surface area contributed by atoms with Gasteiger partial charge in [0, 0.05) is 56.0 Å². The molecular weight excluding hydrogens is 493 g/mol. The molecule has 1 fully saturated rings. The smallest absolute Gasteiger partial charge is 0.253 e. The van der Waals surface area contributed by atoms with Crippen molar-refractivity contribution in [1.29, 1.82) is 0 Å². The number of ether oxygens (including phenoxy) is 3. The second-order valence-electron chi connectivity index (χ2n) is 9.00. The summed E-state index contributed by atoms with van der Waals surface area (Å²) in [5, 5.41) is 13.2. The SMILES string of the molecule is COCCn1nnnc1[C@H](c1cc2cc(OC)c(OC)cc2[nH]c1=O)N1CCN(c2ccc(F)cc2)CC1. The summed E-state index contributed by atoms with van der Waals surface area (Å²) in [6.45, 7) is 3.54. The van der Waals surface area contributed by atoms with Gasteiger partial charge in [-0.15, -0.1) is 5.10 Å². The Morgan fingerprint density at radius 1 is 1.00 bits per heavy atom. The largest absolute Gasteiger partial charge is 0.493 e. The quantitative estimate of drug-likeness (QED) is 0.353. The Bertz CT molecular complexity index is 1450. The first-order chi connectivity index (χ1) is 18.5. The first-order valence-corrected chi connectivity index (χ1v) is 12.3. The van der Waals surface area contributed by atoms with E-state index in [9.17, 15) is 9.18 Å². The molecule has 0 saturated carbocycles. The predicted octanol–water partition coefficient (Wildman–Crippen LogP) is 2.23. The van der Waals surface area contributed by atoms with Crippen molar-refractivity contribution in [2.45, 2.75) is 12.6 Å². The number of aromatic nitrogens is 5. The fourth-order valence-electron chi connectivity index (χ4n) is 4.89. The van der Waals surface area contributed by atoms with Gasteiger partial charge in [-0.25, -0.2) is 9.07 Å². The molecule has 1 N–H and O–H groups in total. The Labute approximate surface area is 218 Å². The van der Waals surface area contributed by atoms with Crippen LogP contribution in [-0.4, -0.2) is 84.2 Å². The number of tetrazole rings is 1. The lowest BCUT2D eigenvalue weighted by molar-refractivity contribution is 0.171. The van der Waals surface area contributed by atoms with Crippen LogP contribution in [0.4, 0.5) is 10.1 Å². The Hall–Kier alpha value is -4.03. The van der Waals surface area contributed by atoms with Gasteiger partial charge in [0.05, 0.1) is 32.9 Å². The van der Waals surface area contributed by atoms with Gasteiger partial charge in [-0.2, -0.15) is 0 Å². The summed E-state index contributed by atoms with van der Waals surface area (Å²) in [5.74, 6) is 1.38. The van der Waals surface area contributed by atoms with Gasteiger partial charge in [-0.1, -0.05) is 0 Å². The Morgan fingerprint density at radius 2 is 1.71 bits per heavy atom. The van der Waals surface area contributed by atoms with Crippen molar-refractivity contribution in [3.8, 4) is 11.5 Å². The number of nitrogens with zero attached hydrogens (tertiary/aromatic N) is 6. The van der Waals surface area contributed by atoms with Crippen LogP contribution >= 0.6 is 0 Å². The number of hydrogen-bond donors (Lipinski definition) is 1. The molecule has 5 rings (SSSR count). The first-order valence-electron chi connectivity index (χ1n) is 12.3. The number of pyridine rings is 1. The number of nitrogens with one attached hydrogen (secondary N) is 1. The van der Waals surface area contributed by atoms with Crippen molar-refractivity contribution in [3.05, 3.63) is 70.0 Å². The Kier molecular flexibility index (Phi) is 7.52.